The van der Waals surface area contributed by atoms with Gasteiger partial charge in [-0.1, -0.05) is 61.5 Å². The van der Waals surface area contributed by atoms with Crippen molar-refractivity contribution in [1.29, 1.82) is 0 Å². The molecule has 3 aromatic rings. The van der Waals surface area contributed by atoms with Gasteiger partial charge in [-0.25, -0.2) is 4.79 Å². The number of anilines is 1. The number of carbonyl (C=O) groups excluding carboxylic acids is 3. The van der Waals surface area contributed by atoms with Crippen LogP contribution in [0.15, 0.2) is 66.7 Å². The van der Waals surface area contributed by atoms with E-state index in [1.54, 1.807) is 40.0 Å². The quantitative estimate of drug-likeness (QED) is 0.305. The lowest BCUT2D eigenvalue weighted by Crippen LogP contribution is -2.52. The summed E-state index contributed by atoms with van der Waals surface area (Å²) in [6.07, 6.45) is 0.220. The maximum absolute atomic E-state index is 14.1. The fourth-order valence-electron chi connectivity index (χ4n) is 4.58. The molecular formula is C33H41N3O5. The smallest absolute Gasteiger partial charge is 0.408 e. The number of alkyl carbamates (subject to hydrolysis) is 1. The monoisotopic (exact) mass is 559 g/mol. The third-order valence-electron chi connectivity index (χ3n) is 6.78. The van der Waals surface area contributed by atoms with Gasteiger partial charge in [0.15, 0.2) is 0 Å². The number of carbonyl (C=O) groups is 3. The molecule has 218 valence electrons. The molecule has 3 N–H and O–H groups in total. The lowest BCUT2D eigenvalue weighted by atomic mass is 9.99. The van der Waals surface area contributed by atoms with Crippen molar-refractivity contribution in [3.8, 4) is 5.75 Å². The van der Waals surface area contributed by atoms with Crippen LogP contribution >= 0.6 is 0 Å². The van der Waals surface area contributed by atoms with E-state index in [0.717, 1.165) is 28.7 Å². The number of rotatable bonds is 9. The highest BCUT2D eigenvalue weighted by atomic mass is 16.6. The van der Waals surface area contributed by atoms with Crippen molar-refractivity contribution in [1.82, 2.24) is 10.2 Å². The summed E-state index contributed by atoms with van der Waals surface area (Å²) in [5, 5.41) is 15.4. The minimum absolute atomic E-state index is 0.0904. The summed E-state index contributed by atoms with van der Waals surface area (Å²) in [6.45, 7) is 11.1. The van der Waals surface area contributed by atoms with Crippen molar-refractivity contribution >= 4 is 23.6 Å². The summed E-state index contributed by atoms with van der Waals surface area (Å²) in [5.41, 5.74) is 4.21. The second-order valence-electron chi connectivity index (χ2n) is 11.3. The van der Waals surface area contributed by atoms with Gasteiger partial charge in [0, 0.05) is 19.2 Å². The minimum Gasteiger partial charge on any atom is -0.508 e. The summed E-state index contributed by atoms with van der Waals surface area (Å²) in [6, 6.07) is 17.7. The number of ether oxygens (including phenoxy) is 1. The van der Waals surface area contributed by atoms with E-state index in [9.17, 15) is 19.5 Å². The number of hydrogen-bond donors (Lipinski definition) is 3. The number of nitrogens with one attached hydrogen (secondary N) is 2. The number of para-hydroxylation sites is 1. The van der Waals surface area contributed by atoms with E-state index in [0.29, 0.717) is 11.3 Å². The van der Waals surface area contributed by atoms with E-state index in [4.69, 9.17) is 4.74 Å². The molecule has 41 heavy (non-hydrogen) atoms. The Morgan fingerprint density at radius 1 is 0.902 bits per heavy atom. The zero-order chi connectivity index (χ0) is 30.3. The van der Waals surface area contributed by atoms with Crippen LogP contribution in [-0.2, 0) is 27.2 Å². The van der Waals surface area contributed by atoms with E-state index in [-0.39, 0.29) is 18.1 Å². The topological polar surface area (TPSA) is 108 Å². The molecule has 2 atom stereocenters. The van der Waals surface area contributed by atoms with Gasteiger partial charge in [0.05, 0.1) is 0 Å². The summed E-state index contributed by atoms with van der Waals surface area (Å²) < 4.78 is 5.44. The van der Waals surface area contributed by atoms with E-state index in [1.165, 1.54) is 17.0 Å². The molecule has 0 aliphatic carbocycles. The lowest BCUT2D eigenvalue weighted by Gasteiger charge is -2.32. The first-order valence-corrected chi connectivity index (χ1v) is 13.8. The first-order chi connectivity index (χ1) is 19.3. The first kappa shape index (κ1) is 31.2. The molecule has 8 nitrogen and oxygen atoms in total. The first-order valence-electron chi connectivity index (χ1n) is 13.8. The number of amides is 3. The number of aromatic hydroxyl groups is 1. The molecule has 2 unspecified atom stereocenters. The predicted octanol–water partition coefficient (Wildman–Crippen LogP) is 5.85. The maximum atomic E-state index is 14.1. The number of nitrogens with zero attached hydrogens (tertiary/aromatic N) is 1. The van der Waals surface area contributed by atoms with Crippen LogP contribution in [0.5, 0.6) is 5.75 Å². The van der Waals surface area contributed by atoms with Crippen LogP contribution < -0.4 is 10.6 Å². The van der Waals surface area contributed by atoms with Crippen molar-refractivity contribution in [2.75, 3.05) is 12.4 Å². The second kappa shape index (κ2) is 13.4. The molecule has 0 fully saturated rings. The molecule has 3 amide bonds. The fourth-order valence-corrected chi connectivity index (χ4v) is 4.58. The van der Waals surface area contributed by atoms with E-state index in [1.807, 2.05) is 63.2 Å². The SMILES string of the molecule is CCc1ccc(C(C(=O)Nc2c(C)cccc2C)N(C)C(=O)C(Cc2ccc(O)cc2)NC(=O)OC(C)(C)C)cc1. The average Bonchev–Trinajstić information content (AvgIpc) is 2.90. The Bertz CT molecular complexity index is 1340. The van der Waals surface area contributed by atoms with Crippen LogP contribution in [0.3, 0.4) is 0 Å². The summed E-state index contributed by atoms with van der Waals surface area (Å²) in [5.74, 6) is -0.749. The number of benzene rings is 3. The number of aryl methyl sites for hydroxylation is 3. The normalized spacial score (nSPS) is 12.7. The zero-order valence-corrected chi connectivity index (χ0v) is 24.9. The van der Waals surface area contributed by atoms with Gasteiger partial charge in [-0.3, -0.25) is 9.59 Å². The van der Waals surface area contributed by atoms with E-state index >= 15 is 0 Å². The van der Waals surface area contributed by atoms with Crippen molar-refractivity contribution in [2.24, 2.45) is 0 Å². The zero-order valence-electron chi connectivity index (χ0n) is 24.9. The molecule has 0 saturated carbocycles. The molecule has 0 radical (unpaired) electrons. The molecule has 8 heteroatoms. The number of phenolic OH excluding ortho intramolecular Hbond substituents is 1. The van der Waals surface area contributed by atoms with Crippen molar-refractivity contribution < 1.29 is 24.2 Å². The molecule has 0 aromatic heterocycles. The molecule has 0 aliphatic rings. The fraction of sp³-hybridized carbons (Fsp3) is 0.364. The molecule has 0 heterocycles. The molecule has 0 aliphatic heterocycles. The second-order valence-corrected chi connectivity index (χ2v) is 11.3. The average molecular weight is 560 g/mol. The third kappa shape index (κ3) is 8.58. The van der Waals surface area contributed by atoms with Crippen molar-refractivity contribution in [3.63, 3.8) is 0 Å². The van der Waals surface area contributed by atoms with Gasteiger partial charge in [0.25, 0.3) is 5.91 Å². The van der Waals surface area contributed by atoms with Crippen LogP contribution in [0.2, 0.25) is 0 Å². The van der Waals surface area contributed by atoms with Crippen LogP contribution in [0.1, 0.15) is 61.6 Å². The highest BCUT2D eigenvalue weighted by Crippen LogP contribution is 2.27. The van der Waals surface area contributed by atoms with Gasteiger partial charge in [-0.15, -0.1) is 0 Å². The number of hydrogen-bond acceptors (Lipinski definition) is 5. The number of likely N-dealkylation sites (N-methyl/N-ethyl adjacent to an activating group) is 1. The Kier molecular flexibility index (Phi) is 10.2. The number of phenols is 1. The Morgan fingerprint density at radius 3 is 2.00 bits per heavy atom. The van der Waals surface area contributed by atoms with Gasteiger partial charge >= 0.3 is 6.09 Å². The van der Waals surface area contributed by atoms with Crippen LogP contribution in [0, 0.1) is 13.8 Å². The lowest BCUT2D eigenvalue weighted by molar-refractivity contribution is -0.139. The molecule has 0 spiro atoms. The summed E-state index contributed by atoms with van der Waals surface area (Å²) >= 11 is 0. The molecule has 3 rings (SSSR count). The van der Waals surface area contributed by atoms with Crippen LogP contribution in [0.4, 0.5) is 10.5 Å². The molecule has 0 saturated heterocycles. The van der Waals surface area contributed by atoms with Gasteiger partial charge in [0.2, 0.25) is 5.91 Å². The van der Waals surface area contributed by atoms with Crippen molar-refractivity contribution in [3.05, 3.63) is 94.5 Å². The maximum Gasteiger partial charge on any atom is 0.408 e. The highest BCUT2D eigenvalue weighted by Gasteiger charge is 2.34. The Morgan fingerprint density at radius 2 is 1.46 bits per heavy atom. The Balaban J connectivity index is 1.99. The van der Waals surface area contributed by atoms with Gasteiger partial charge < -0.3 is 25.4 Å². The summed E-state index contributed by atoms with van der Waals surface area (Å²) in [7, 11) is 1.56. The Hall–Kier alpha value is -4.33. The minimum atomic E-state index is -1.04. The predicted molar refractivity (Wildman–Crippen MR) is 161 cm³/mol. The van der Waals surface area contributed by atoms with Crippen LogP contribution in [0.25, 0.3) is 0 Å². The summed E-state index contributed by atoms with van der Waals surface area (Å²) in [4.78, 5) is 42.1. The Labute approximate surface area is 242 Å². The van der Waals surface area contributed by atoms with Gasteiger partial charge in [-0.05, 0) is 81.0 Å². The molecular weight excluding hydrogens is 518 g/mol. The van der Waals surface area contributed by atoms with Gasteiger partial charge in [-0.2, -0.15) is 0 Å². The highest BCUT2D eigenvalue weighted by molar-refractivity contribution is 5.99. The largest absolute Gasteiger partial charge is 0.508 e. The van der Waals surface area contributed by atoms with E-state index < -0.39 is 29.7 Å². The molecule has 0 bridgehead atoms. The van der Waals surface area contributed by atoms with Crippen molar-refractivity contribution in [2.45, 2.75) is 72.1 Å². The molecule has 3 aromatic carbocycles. The third-order valence-corrected chi connectivity index (χ3v) is 6.78. The van der Waals surface area contributed by atoms with Crippen LogP contribution in [-0.4, -0.2) is 46.6 Å². The van der Waals surface area contributed by atoms with E-state index in [2.05, 4.69) is 10.6 Å². The standard InChI is InChI=1S/C33H41N3O5/c1-8-23-12-16-25(17-13-23)29(30(38)35-28-21(2)10-9-11-22(28)3)36(7)31(39)27(34-32(40)41-33(4,5)6)20-24-14-18-26(37)19-15-24/h9-19,27,29,37H,8,20H2,1-7H3,(H,34,40)(H,35,38). The van der Waals surface area contributed by atoms with Gasteiger partial charge in [0.1, 0.15) is 23.4 Å².